The summed E-state index contributed by atoms with van der Waals surface area (Å²) in [6.07, 6.45) is 2.10. The fourth-order valence-electron chi connectivity index (χ4n) is 2.80. The smallest absolute Gasteiger partial charge is 0.269 e. The minimum atomic E-state index is -0.623. The molecule has 142 valence electrons. The van der Waals surface area contributed by atoms with Gasteiger partial charge >= 0.3 is 0 Å². The fourth-order valence-corrected chi connectivity index (χ4v) is 4.69. The average molecular weight is 403 g/mol. The predicted molar refractivity (Wildman–Crippen MR) is 112 cm³/mol. The van der Waals surface area contributed by atoms with E-state index in [1.165, 1.54) is 11.8 Å². The van der Waals surface area contributed by atoms with Crippen LogP contribution in [0.5, 0.6) is 0 Å². The Labute approximate surface area is 165 Å². The van der Waals surface area contributed by atoms with Crippen LogP contribution >= 0.6 is 23.5 Å². The van der Waals surface area contributed by atoms with Crippen LogP contribution in [0.4, 0.5) is 0 Å². The van der Waals surface area contributed by atoms with E-state index >= 15 is 0 Å². The largest absolute Gasteiger partial charge is 0.365 e. The van der Waals surface area contributed by atoms with Crippen LogP contribution in [0.3, 0.4) is 0 Å². The Morgan fingerprint density at radius 2 is 1.96 bits per heavy atom. The molecule has 2 heterocycles. The molecule has 3 aromatic rings. The van der Waals surface area contributed by atoms with E-state index in [-0.39, 0.29) is 16.5 Å². The molecule has 1 amide bonds. The van der Waals surface area contributed by atoms with Crippen LogP contribution < -0.4 is 11.3 Å². The summed E-state index contributed by atoms with van der Waals surface area (Å²) < 4.78 is 1.57. The van der Waals surface area contributed by atoms with E-state index in [4.69, 9.17) is 5.73 Å². The third-order valence-electron chi connectivity index (χ3n) is 4.04. The summed E-state index contributed by atoms with van der Waals surface area (Å²) in [6, 6.07) is 9.35. The number of fused-ring (bicyclic) bond motifs is 1. The second-order valence-electron chi connectivity index (χ2n) is 5.92. The molecule has 1 aromatic carbocycles. The van der Waals surface area contributed by atoms with E-state index in [9.17, 15) is 9.59 Å². The third kappa shape index (κ3) is 3.91. The summed E-state index contributed by atoms with van der Waals surface area (Å²) in [6.45, 7) is 4.10. The molecule has 27 heavy (non-hydrogen) atoms. The second kappa shape index (κ2) is 8.67. The van der Waals surface area contributed by atoms with Crippen LogP contribution in [-0.4, -0.2) is 31.9 Å². The SMILES string of the molecule is CCCCSc1nc2[nH]c(SCC)c(C(N)=O)c2c(=O)n1-c1ccccc1. The highest BCUT2D eigenvalue weighted by atomic mass is 32.2. The van der Waals surface area contributed by atoms with Gasteiger partial charge in [0.15, 0.2) is 5.16 Å². The summed E-state index contributed by atoms with van der Waals surface area (Å²) in [5.74, 6) is 0.987. The minimum absolute atomic E-state index is 0.226. The molecule has 0 fully saturated rings. The quantitative estimate of drug-likeness (QED) is 0.339. The van der Waals surface area contributed by atoms with Crippen molar-refractivity contribution in [2.45, 2.75) is 36.9 Å². The molecule has 3 N–H and O–H groups in total. The predicted octanol–water partition coefficient (Wildman–Crippen LogP) is 3.82. The van der Waals surface area contributed by atoms with Crippen molar-refractivity contribution in [3.05, 3.63) is 46.2 Å². The van der Waals surface area contributed by atoms with E-state index < -0.39 is 5.91 Å². The molecule has 0 spiro atoms. The number of carbonyl (C=O) groups excluding carboxylic acids is 1. The first-order valence-corrected chi connectivity index (χ1v) is 10.8. The van der Waals surface area contributed by atoms with Gasteiger partial charge in [0.2, 0.25) is 0 Å². The molecule has 0 aliphatic rings. The van der Waals surface area contributed by atoms with Crippen LogP contribution in [0.2, 0.25) is 0 Å². The molecule has 0 atom stereocenters. The molecule has 0 bridgehead atoms. The van der Waals surface area contributed by atoms with Crippen LogP contribution in [0.1, 0.15) is 37.0 Å². The van der Waals surface area contributed by atoms with Gasteiger partial charge in [0.05, 0.1) is 21.7 Å². The van der Waals surface area contributed by atoms with Crippen LogP contribution in [0.25, 0.3) is 16.7 Å². The van der Waals surface area contributed by atoms with E-state index in [1.807, 2.05) is 37.3 Å². The highest BCUT2D eigenvalue weighted by Crippen LogP contribution is 2.29. The number of amides is 1. The lowest BCUT2D eigenvalue weighted by Crippen LogP contribution is -2.24. The zero-order valence-electron chi connectivity index (χ0n) is 15.3. The Kier molecular flexibility index (Phi) is 6.28. The van der Waals surface area contributed by atoms with Crippen molar-refractivity contribution in [2.75, 3.05) is 11.5 Å². The number of para-hydroxylation sites is 1. The Morgan fingerprint density at radius 1 is 1.22 bits per heavy atom. The van der Waals surface area contributed by atoms with Gasteiger partial charge in [-0.3, -0.25) is 14.2 Å². The molecule has 0 saturated heterocycles. The first kappa shape index (κ1) is 19.6. The van der Waals surface area contributed by atoms with Gasteiger partial charge < -0.3 is 10.7 Å². The molecule has 0 aliphatic heterocycles. The molecule has 0 unspecified atom stereocenters. The van der Waals surface area contributed by atoms with Crippen LogP contribution in [-0.2, 0) is 0 Å². The van der Waals surface area contributed by atoms with Crippen molar-refractivity contribution in [2.24, 2.45) is 5.73 Å². The van der Waals surface area contributed by atoms with Crippen molar-refractivity contribution in [1.82, 2.24) is 14.5 Å². The Hall–Kier alpha value is -2.19. The third-order valence-corrected chi connectivity index (χ3v) is 5.95. The van der Waals surface area contributed by atoms with Crippen molar-refractivity contribution < 1.29 is 4.79 Å². The number of hydrogen-bond acceptors (Lipinski definition) is 5. The number of aromatic amines is 1. The summed E-state index contributed by atoms with van der Waals surface area (Å²) in [4.78, 5) is 33.3. The monoisotopic (exact) mass is 402 g/mol. The molecule has 0 aliphatic carbocycles. The molecule has 3 rings (SSSR count). The first-order chi connectivity index (χ1) is 13.1. The highest BCUT2D eigenvalue weighted by molar-refractivity contribution is 7.99. The van der Waals surface area contributed by atoms with Crippen molar-refractivity contribution in [3.8, 4) is 5.69 Å². The first-order valence-electron chi connectivity index (χ1n) is 8.88. The number of primary amides is 1. The van der Waals surface area contributed by atoms with Gasteiger partial charge in [0, 0.05) is 5.75 Å². The summed E-state index contributed by atoms with van der Waals surface area (Å²) in [5, 5.41) is 1.46. The number of nitrogens with one attached hydrogen (secondary N) is 1. The molecule has 0 saturated carbocycles. The maximum atomic E-state index is 13.4. The topological polar surface area (TPSA) is 93.8 Å². The summed E-state index contributed by atoms with van der Waals surface area (Å²) in [7, 11) is 0. The lowest BCUT2D eigenvalue weighted by molar-refractivity contribution is 0.0999. The maximum absolute atomic E-state index is 13.4. The summed E-state index contributed by atoms with van der Waals surface area (Å²) in [5.41, 5.74) is 6.68. The van der Waals surface area contributed by atoms with Crippen LogP contribution in [0, 0.1) is 0 Å². The maximum Gasteiger partial charge on any atom is 0.269 e. The van der Waals surface area contributed by atoms with Gasteiger partial charge in [-0.05, 0) is 24.3 Å². The molecular formula is C19H22N4O2S2. The van der Waals surface area contributed by atoms with E-state index in [0.29, 0.717) is 15.8 Å². The van der Waals surface area contributed by atoms with E-state index in [0.717, 1.165) is 30.0 Å². The van der Waals surface area contributed by atoms with Gasteiger partial charge in [-0.1, -0.05) is 50.2 Å². The number of nitrogens with zero attached hydrogens (tertiary/aromatic N) is 2. The molecule has 2 aromatic heterocycles. The molecule has 8 heteroatoms. The lowest BCUT2D eigenvalue weighted by Gasteiger charge is -2.12. The zero-order chi connectivity index (χ0) is 19.4. The normalized spacial score (nSPS) is 11.2. The fraction of sp³-hybridized carbons (Fsp3) is 0.316. The number of hydrogen-bond donors (Lipinski definition) is 2. The van der Waals surface area contributed by atoms with Gasteiger partial charge in [0.25, 0.3) is 11.5 Å². The van der Waals surface area contributed by atoms with Gasteiger partial charge in [-0.25, -0.2) is 4.98 Å². The zero-order valence-corrected chi connectivity index (χ0v) is 17.0. The van der Waals surface area contributed by atoms with Gasteiger partial charge in [0.1, 0.15) is 5.65 Å². The number of benzene rings is 1. The van der Waals surface area contributed by atoms with E-state index in [2.05, 4.69) is 16.9 Å². The Balaban J connectivity index is 2.30. The minimum Gasteiger partial charge on any atom is -0.365 e. The summed E-state index contributed by atoms with van der Waals surface area (Å²) >= 11 is 2.98. The molecular weight excluding hydrogens is 380 g/mol. The van der Waals surface area contributed by atoms with Gasteiger partial charge in [-0.15, -0.1) is 11.8 Å². The number of unbranched alkanes of at least 4 members (excludes halogenated alkanes) is 1. The number of H-pyrrole nitrogens is 1. The molecule has 6 nitrogen and oxygen atoms in total. The Morgan fingerprint density at radius 3 is 2.59 bits per heavy atom. The number of carbonyl (C=O) groups is 1. The Bertz CT molecular complexity index is 1010. The van der Waals surface area contributed by atoms with E-state index in [1.54, 1.807) is 16.3 Å². The average Bonchev–Trinajstić information content (AvgIpc) is 3.02. The van der Waals surface area contributed by atoms with Crippen molar-refractivity contribution in [3.63, 3.8) is 0 Å². The number of rotatable bonds is 8. The van der Waals surface area contributed by atoms with Gasteiger partial charge in [-0.2, -0.15) is 0 Å². The van der Waals surface area contributed by atoms with Crippen molar-refractivity contribution in [1.29, 1.82) is 0 Å². The number of thioether (sulfide) groups is 2. The number of nitrogens with two attached hydrogens (primary N) is 1. The second-order valence-corrected chi connectivity index (χ2v) is 8.26. The van der Waals surface area contributed by atoms with Crippen molar-refractivity contribution >= 4 is 40.5 Å². The lowest BCUT2D eigenvalue weighted by atomic mass is 10.2. The number of aromatic nitrogens is 3. The highest BCUT2D eigenvalue weighted by Gasteiger charge is 2.23. The molecule has 0 radical (unpaired) electrons. The standard InChI is InChI=1S/C19H22N4O2S2/c1-3-5-11-27-19-22-16-14(13(15(20)24)17(21-16)26-4-2)18(25)23(19)12-9-7-6-8-10-12/h6-10,21H,3-5,11H2,1-2H3,(H2,20,24). The van der Waals surface area contributed by atoms with Crippen LogP contribution in [0.15, 0.2) is 45.3 Å².